The number of pyridine rings is 1. The van der Waals surface area contributed by atoms with Crippen LogP contribution in [0.3, 0.4) is 0 Å². The van der Waals surface area contributed by atoms with Crippen LogP contribution in [0.1, 0.15) is 17.7 Å². The van der Waals surface area contributed by atoms with Crippen molar-refractivity contribution in [2.24, 2.45) is 0 Å². The first-order valence-electron chi connectivity index (χ1n) is 8.64. The lowest BCUT2D eigenvalue weighted by molar-refractivity contribution is -0.121. The van der Waals surface area contributed by atoms with E-state index in [9.17, 15) is 13.2 Å². The second kappa shape index (κ2) is 10.0. The Morgan fingerprint density at radius 1 is 1.15 bits per heavy atom. The van der Waals surface area contributed by atoms with Gasteiger partial charge in [0.05, 0.1) is 25.6 Å². The van der Waals surface area contributed by atoms with E-state index in [1.54, 1.807) is 19.4 Å². The van der Waals surface area contributed by atoms with Crippen molar-refractivity contribution < 1.29 is 17.9 Å². The molecule has 7 nitrogen and oxygen atoms in total. The Kier molecular flexibility index (Phi) is 7.75. The first-order valence-corrected chi connectivity index (χ1v) is 10.5. The molecule has 0 saturated carbocycles. The van der Waals surface area contributed by atoms with Crippen LogP contribution in [-0.2, 0) is 27.8 Å². The van der Waals surface area contributed by atoms with Crippen LogP contribution in [0.25, 0.3) is 0 Å². The zero-order valence-corrected chi connectivity index (χ0v) is 16.4. The molecule has 2 rings (SSSR count). The molecule has 0 aliphatic heterocycles. The number of methoxy groups -OCH3 is 1. The van der Waals surface area contributed by atoms with Crippen molar-refractivity contribution >= 4 is 15.9 Å². The first-order chi connectivity index (χ1) is 12.9. The molecular weight excluding hydrogens is 366 g/mol. The third kappa shape index (κ3) is 6.99. The third-order valence-electron chi connectivity index (χ3n) is 4.07. The number of para-hydroxylation sites is 1. The van der Waals surface area contributed by atoms with Crippen LogP contribution in [0.5, 0.6) is 5.75 Å². The molecule has 2 aromatic rings. The Balaban J connectivity index is 1.88. The number of benzene rings is 1. The van der Waals surface area contributed by atoms with E-state index in [0.29, 0.717) is 13.0 Å². The van der Waals surface area contributed by atoms with Crippen LogP contribution in [0, 0.1) is 0 Å². The van der Waals surface area contributed by atoms with Gasteiger partial charge in [0.25, 0.3) is 0 Å². The number of amides is 1. The third-order valence-corrected chi connectivity index (χ3v) is 5.38. The van der Waals surface area contributed by atoms with E-state index >= 15 is 0 Å². The molecule has 0 aliphatic rings. The van der Waals surface area contributed by atoms with Gasteiger partial charge in [-0.25, -0.2) is 12.7 Å². The summed E-state index contributed by atoms with van der Waals surface area (Å²) in [6.07, 6.45) is 3.41. The van der Waals surface area contributed by atoms with E-state index in [4.69, 9.17) is 4.74 Å². The molecule has 0 atom stereocenters. The molecule has 1 aromatic heterocycles. The van der Waals surface area contributed by atoms with Gasteiger partial charge in [0, 0.05) is 25.7 Å². The molecule has 146 valence electrons. The SMILES string of the molecule is COc1ccccc1CCN(CCC(=O)NCc1ccccn1)S(C)(=O)=O. The highest BCUT2D eigenvalue weighted by Gasteiger charge is 2.18. The largest absolute Gasteiger partial charge is 0.496 e. The number of ether oxygens (including phenoxy) is 1. The number of hydrogen-bond acceptors (Lipinski definition) is 5. The van der Waals surface area contributed by atoms with Crippen LogP contribution in [0.2, 0.25) is 0 Å². The maximum absolute atomic E-state index is 12.1. The fourth-order valence-corrected chi connectivity index (χ4v) is 3.45. The van der Waals surface area contributed by atoms with Gasteiger partial charge >= 0.3 is 0 Å². The lowest BCUT2D eigenvalue weighted by Crippen LogP contribution is -2.36. The zero-order valence-electron chi connectivity index (χ0n) is 15.6. The molecule has 0 unspecified atom stereocenters. The highest BCUT2D eigenvalue weighted by atomic mass is 32.2. The van der Waals surface area contributed by atoms with Crippen LogP contribution in [0.4, 0.5) is 0 Å². The zero-order chi connectivity index (χ0) is 19.7. The molecule has 1 amide bonds. The number of hydrogen-bond donors (Lipinski definition) is 1. The molecule has 0 spiro atoms. The Labute approximate surface area is 160 Å². The van der Waals surface area contributed by atoms with Crippen molar-refractivity contribution in [2.45, 2.75) is 19.4 Å². The normalized spacial score (nSPS) is 11.4. The summed E-state index contributed by atoms with van der Waals surface area (Å²) in [5.74, 6) is 0.505. The Morgan fingerprint density at radius 2 is 1.89 bits per heavy atom. The molecule has 0 bridgehead atoms. The molecule has 1 aromatic carbocycles. The Bertz CT molecular complexity index is 841. The van der Waals surface area contributed by atoms with Gasteiger partial charge in [0.15, 0.2) is 0 Å². The van der Waals surface area contributed by atoms with Crippen molar-refractivity contribution in [1.29, 1.82) is 0 Å². The van der Waals surface area contributed by atoms with E-state index < -0.39 is 10.0 Å². The number of carbonyl (C=O) groups excluding carboxylic acids is 1. The summed E-state index contributed by atoms with van der Waals surface area (Å²) in [7, 11) is -1.83. The molecule has 8 heteroatoms. The summed E-state index contributed by atoms with van der Waals surface area (Å²) < 4.78 is 30.7. The number of nitrogens with zero attached hydrogens (tertiary/aromatic N) is 2. The molecule has 27 heavy (non-hydrogen) atoms. The van der Waals surface area contributed by atoms with Crippen molar-refractivity contribution in [2.75, 3.05) is 26.5 Å². The van der Waals surface area contributed by atoms with Gasteiger partial charge in [0.1, 0.15) is 5.75 Å². The summed E-state index contributed by atoms with van der Waals surface area (Å²) in [6.45, 7) is 0.731. The van der Waals surface area contributed by atoms with Gasteiger partial charge in [-0.15, -0.1) is 0 Å². The number of aromatic nitrogens is 1. The highest BCUT2D eigenvalue weighted by Crippen LogP contribution is 2.18. The van der Waals surface area contributed by atoms with Crippen molar-refractivity contribution in [1.82, 2.24) is 14.6 Å². The molecule has 1 heterocycles. The summed E-state index contributed by atoms with van der Waals surface area (Å²) in [4.78, 5) is 16.2. The van der Waals surface area contributed by atoms with Crippen molar-refractivity contribution in [3.05, 3.63) is 59.9 Å². The topological polar surface area (TPSA) is 88.6 Å². The fourth-order valence-electron chi connectivity index (χ4n) is 2.60. The van der Waals surface area contributed by atoms with Crippen molar-refractivity contribution in [3.63, 3.8) is 0 Å². The van der Waals surface area contributed by atoms with Crippen LogP contribution in [0.15, 0.2) is 48.7 Å². The van der Waals surface area contributed by atoms with Crippen LogP contribution in [-0.4, -0.2) is 50.1 Å². The minimum atomic E-state index is -3.42. The predicted octanol–water partition coefficient (Wildman–Crippen LogP) is 1.60. The quantitative estimate of drug-likeness (QED) is 0.665. The minimum absolute atomic E-state index is 0.0891. The lowest BCUT2D eigenvalue weighted by atomic mass is 10.1. The van der Waals surface area contributed by atoms with E-state index in [-0.39, 0.29) is 25.4 Å². The maximum Gasteiger partial charge on any atom is 0.221 e. The second-order valence-corrected chi connectivity index (χ2v) is 8.05. The number of rotatable bonds is 10. The first kappa shape index (κ1) is 20.9. The van der Waals surface area contributed by atoms with E-state index in [1.807, 2.05) is 36.4 Å². The van der Waals surface area contributed by atoms with Gasteiger partial charge in [0.2, 0.25) is 15.9 Å². The number of nitrogens with one attached hydrogen (secondary N) is 1. The highest BCUT2D eigenvalue weighted by molar-refractivity contribution is 7.88. The molecule has 0 radical (unpaired) electrons. The van der Waals surface area contributed by atoms with Gasteiger partial charge in [-0.1, -0.05) is 24.3 Å². The predicted molar refractivity (Wildman–Crippen MR) is 104 cm³/mol. The average molecular weight is 391 g/mol. The number of carbonyl (C=O) groups is 1. The van der Waals surface area contributed by atoms with E-state index in [2.05, 4.69) is 10.3 Å². The molecule has 1 N–H and O–H groups in total. The molecule has 0 saturated heterocycles. The van der Waals surface area contributed by atoms with Gasteiger partial charge in [-0.3, -0.25) is 9.78 Å². The summed E-state index contributed by atoms with van der Waals surface area (Å²) >= 11 is 0. The molecular formula is C19H25N3O4S. The van der Waals surface area contributed by atoms with Gasteiger partial charge in [-0.05, 0) is 30.2 Å². The Morgan fingerprint density at radius 3 is 2.56 bits per heavy atom. The Hall–Kier alpha value is -2.45. The minimum Gasteiger partial charge on any atom is -0.496 e. The van der Waals surface area contributed by atoms with Gasteiger partial charge in [-0.2, -0.15) is 0 Å². The monoisotopic (exact) mass is 391 g/mol. The lowest BCUT2D eigenvalue weighted by Gasteiger charge is -2.20. The second-order valence-electron chi connectivity index (χ2n) is 6.07. The smallest absolute Gasteiger partial charge is 0.221 e. The summed E-state index contributed by atoms with van der Waals surface area (Å²) in [5, 5.41) is 2.75. The maximum atomic E-state index is 12.1. The number of sulfonamides is 1. The van der Waals surface area contributed by atoms with Crippen LogP contribution < -0.4 is 10.1 Å². The van der Waals surface area contributed by atoms with Gasteiger partial charge < -0.3 is 10.1 Å². The average Bonchev–Trinajstić information content (AvgIpc) is 2.66. The fraction of sp³-hybridized carbons (Fsp3) is 0.368. The molecule has 0 fully saturated rings. The summed E-state index contributed by atoms with van der Waals surface area (Å²) in [5.41, 5.74) is 1.68. The summed E-state index contributed by atoms with van der Waals surface area (Å²) in [6, 6.07) is 12.9. The van der Waals surface area contributed by atoms with E-state index in [0.717, 1.165) is 23.3 Å². The molecule has 0 aliphatic carbocycles. The van der Waals surface area contributed by atoms with Crippen LogP contribution >= 0.6 is 0 Å². The van der Waals surface area contributed by atoms with Crippen molar-refractivity contribution in [3.8, 4) is 5.75 Å². The standard InChI is InChI=1S/C19H25N3O4S/c1-26-18-9-4-3-7-16(18)10-13-22(27(2,24)25)14-11-19(23)21-15-17-8-5-6-12-20-17/h3-9,12H,10-11,13-15H2,1-2H3,(H,21,23). The van der Waals surface area contributed by atoms with E-state index in [1.165, 1.54) is 4.31 Å².